The molecule has 0 unspecified atom stereocenters. The van der Waals surface area contributed by atoms with Gasteiger partial charge in [0.1, 0.15) is 5.75 Å². The third kappa shape index (κ3) is 3.41. The molecule has 3 rings (SSSR count). The largest absolute Gasteiger partial charge is 0.497 e. The quantitative estimate of drug-likeness (QED) is 0.761. The molecule has 3 aromatic rings. The summed E-state index contributed by atoms with van der Waals surface area (Å²) in [7, 11) is -0.0124. The van der Waals surface area contributed by atoms with Gasteiger partial charge in [0.05, 0.1) is 12.0 Å². The lowest BCUT2D eigenvalue weighted by atomic mass is 10.1. The predicted octanol–water partition coefficient (Wildman–Crippen LogP) is 3.28. The Bertz CT molecular complexity index is 1040. The van der Waals surface area contributed by atoms with Crippen LogP contribution in [0, 0.1) is 13.8 Å². The van der Waals surface area contributed by atoms with Crippen LogP contribution in [0.25, 0.3) is 10.9 Å². The molecule has 0 aliphatic heterocycles. The second-order valence-electron chi connectivity index (χ2n) is 6.24. The average molecular weight is 358 g/mol. The Morgan fingerprint density at radius 1 is 1.12 bits per heavy atom. The molecular formula is C19H22N2O3S. The number of benzene rings is 2. The van der Waals surface area contributed by atoms with Gasteiger partial charge in [-0.25, -0.2) is 13.1 Å². The van der Waals surface area contributed by atoms with E-state index in [1.54, 1.807) is 13.2 Å². The van der Waals surface area contributed by atoms with Gasteiger partial charge < -0.3 is 9.30 Å². The smallest absolute Gasteiger partial charge is 0.241 e. The molecule has 1 heterocycles. The lowest BCUT2D eigenvalue weighted by Crippen LogP contribution is -2.24. The maximum atomic E-state index is 12.7. The molecule has 1 N–H and O–H groups in total. The zero-order valence-corrected chi connectivity index (χ0v) is 15.6. The number of hydrogen-bond acceptors (Lipinski definition) is 3. The summed E-state index contributed by atoms with van der Waals surface area (Å²) in [5, 5.41) is 0.977. The molecule has 0 spiro atoms. The summed E-state index contributed by atoms with van der Waals surface area (Å²) < 4.78 is 35.3. The monoisotopic (exact) mass is 358 g/mol. The highest BCUT2D eigenvalue weighted by Crippen LogP contribution is 2.26. The van der Waals surface area contributed by atoms with E-state index in [0.717, 1.165) is 33.3 Å². The van der Waals surface area contributed by atoms with Crippen LogP contribution in [0.4, 0.5) is 0 Å². The molecule has 0 saturated heterocycles. The Balaban J connectivity index is 1.91. The van der Waals surface area contributed by atoms with Gasteiger partial charge >= 0.3 is 0 Å². The van der Waals surface area contributed by atoms with Gasteiger partial charge in [-0.3, -0.25) is 0 Å². The number of nitrogens with zero attached hydrogens (tertiary/aromatic N) is 1. The van der Waals surface area contributed by atoms with Gasteiger partial charge in [0, 0.05) is 30.7 Å². The number of methoxy groups -OCH3 is 1. The van der Waals surface area contributed by atoms with Crippen molar-refractivity contribution in [1.29, 1.82) is 0 Å². The minimum Gasteiger partial charge on any atom is -0.497 e. The van der Waals surface area contributed by atoms with Crippen molar-refractivity contribution in [1.82, 2.24) is 9.29 Å². The lowest BCUT2D eigenvalue weighted by Gasteiger charge is -2.10. The van der Waals surface area contributed by atoms with Crippen LogP contribution >= 0.6 is 0 Å². The highest BCUT2D eigenvalue weighted by atomic mass is 32.2. The summed E-state index contributed by atoms with van der Waals surface area (Å²) in [5.74, 6) is 0.747. The van der Waals surface area contributed by atoms with Crippen molar-refractivity contribution >= 4 is 20.9 Å². The van der Waals surface area contributed by atoms with E-state index in [-0.39, 0.29) is 6.54 Å². The molecule has 0 atom stereocenters. The molecule has 0 aliphatic rings. The van der Waals surface area contributed by atoms with E-state index in [1.807, 2.05) is 62.0 Å². The van der Waals surface area contributed by atoms with E-state index >= 15 is 0 Å². The molecule has 5 nitrogen and oxygen atoms in total. The number of rotatable bonds is 5. The number of hydrogen-bond donors (Lipinski definition) is 1. The molecular weight excluding hydrogens is 336 g/mol. The van der Waals surface area contributed by atoms with E-state index in [2.05, 4.69) is 4.72 Å². The molecule has 1 aromatic heterocycles. The number of aromatic nitrogens is 1. The first-order chi connectivity index (χ1) is 11.8. The summed E-state index contributed by atoms with van der Waals surface area (Å²) in [5.41, 5.74) is 3.72. The number of nitrogens with one attached hydrogen (secondary N) is 1. The zero-order chi connectivity index (χ0) is 18.2. The summed E-state index contributed by atoms with van der Waals surface area (Å²) in [6, 6.07) is 11.1. The van der Waals surface area contributed by atoms with Crippen molar-refractivity contribution in [3.8, 4) is 5.75 Å². The highest BCUT2D eigenvalue weighted by molar-refractivity contribution is 7.89. The van der Waals surface area contributed by atoms with E-state index in [4.69, 9.17) is 4.74 Å². The van der Waals surface area contributed by atoms with E-state index in [9.17, 15) is 8.42 Å². The number of sulfonamides is 1. The van der Waals surface area contributed by atoms with Crippen LogP contribution in [0.3, 0.4) is 0 Å². The number of aryl methyl sites for hydroxylation is 3. The fraction of sp³-hybridized carbons (Fsp3) is 0.263. The molecule has 2 aromatic carbocycles. The SMILES string of the molecule is COc1ccc2c(c1)c(CNS(=O)(=O)c1ccc(C)cc1C)cn2C. The van der Waals surface area contributed by atoms with Crippen molar-refractivity contribution in [2.45, 2.75) is 25.3 Å². The topological polar surface area (TPSA) is 60.3 Å². The highest BCUT2D eigenvalue weighted by Gasteiger charge is 2.17. The molecule has 6 heteroatoms. The van der Waals surface area contributed by atoms with E-state index in [0.29, 0.717) is 4.90 Å². The third-order valence-electron chi connectivity index (χ3n) is 4.35. The number of fused-ring (bicyclic) bond motifs is 1. The van der Waals surface area contributed by atoms with Gasteiger partial charge in [-0.05, 0) is 49.2 Å². The maximum Gasteiger partial charge on any atom is 0.241 e. The Morgan fingerprint density at radius 2 is 1.88 bits per heavy atom. The molecule has 0 bridgehead atoms. The minimum atomic E-state index is -3.57. The molecule has 25 heavy (non-hydrogen) atoms. The summed E-state index contributed by atoms with van der Waals surface area (Å²) in [4.78, 5) is 0.316. The summed E-state index contributed by atoms with van der Waals surface area (Å²) in [6.07, 6.45) is 1.94. The van der Waals surface area contributed by atoms with Crippen LogP contribution in [0.15, 0.2) is 47.5 Å². The van der Waals surface area contributed by atoms with Gasteiger partial charge in [0.25, 0.3) is 0 Å². The lowest BCUT2D eigenvalue weighted by molar-refractivity contribution is 0.415. The molecule has 0 amide bonds. The second-order valence-corrected chi connectivity index (χ2v) is 7.98. The van der Waals surface area contributed by atoms with Crippen LogP contribution in [-0.2, 0) is 23.6 Å². The summed E-state index contributed by atoms with van der Waals surface area (Å²) >= 11 is 0. The zero-order valence-electron chi connectivity index (χ0n) is 14.8. The Hall–Kier alpha value is -2.31. The van der Waals surface area contributed by atoms with Gasteiger partial charge in [-0.1, -0.05) is 17.7 Å². The van der Waals surface area contributed by atoms with Gasteiger partial charge in [0.15, 0.2) is 0 Å². The van der Waals surface area contributed by atoms with Gasteiger partial charge in [-0.2, -0.15) is 0 Å². The second kappa shape index (κ2) is 6.54. The predicted molar refractivity (Wildman–Crippen MR) is 99.4 cm³/mol. The van der Waals surface area contributed by atoms with Crippen molar-refractivity contribution in [3.63, 3.8) is 0 Å². The van der Waals surface area contributed by atoms with Crippen molar-refractivity contribution in [3.05, 3.63) is 59.3 Å². The van der Waals surface area contributed by atoms with E-state index in [1.165, 1.54) is 0 Å². The fourth-order valence-electron chi connectivity index (χ4n) is 3.07. The van der Waals surface area contributed by atoms with Gasteiger partial charge in [-0.15, -0.1) is 0 Å². The Labute approximate surface area is 148 Å². The number of ether oxygens (including phenoxy) is 1. The van der Waals surface area contributed by atoms with Crippen LogP contribution in [0.5, 0.6) is 5.75 Å². The first kappa shape index (κ1) is 17.5. The minimum absolute atomic E-state index is 0.222. The van der Waals surface area contributed by atoms with Crippen LogP contribution in [0.1, 0.15) is 16.7 Å². The molecule has 0 fully saturated rings. The first-order valence-electron chi connectivity index (χ1n) is 8.00. The average Bonchev–Trinajstić information content (AvgIpc) is 2.88. The maximum absolute atomic E-state index is 12.7. The van der Waals surface area contributed by atoms with Crippen molar-refractivity contribution in [2.75, 3.05) is 7.11 Å². The van der Waals surface area contributed by atoms with Crippen molar-refractivity contribution in [2.24, 2.45) is 7.05 Å². The summed E-state index contributed by atoms with van der Waals surface area (Å²) in [6.45, 7) is 3.98. The Morgan fingerprint density at radius 3 is 2.56 bits per heavy atom. The van der Waals surface area contributed by atoms with Crippen LogP contribution in [0.2, 0.25) is 0 Å². The molecule has 0 radical (unpaired) electrons. The molecule has 0 aliphatic carbocycles. The van der Waals surface area contributed by atoms with Crippen molar-refractivity contribution < 1.29 is 13.2 Å². The molecule has 0 saturated carbocycles. The van der Waals surface area contributed by atoms with Crippen LogP contribution < -0.4 is 9.46 Å². The fourth-order valence-corrected chi connectivity index (χ4v) is 4.30. The first-order valence-corrected chi connectivity index (χ1v) is 9.49. The standard InChI is InChI=1S/C19H22N2O3S/c1-13-5-8-19(14(2)9-13)25(22,23)20-11-15-12-21(3)18-7-6-16(24-4)10-17(15)18/h5-10,12,20H,11H2,1-4H3. The van der Waals surface area contributed by atoms with E-state index < -0.39 is 10.0 Å². The van der Waals surface area contributed by atoms with Gasteiger partial charge in [0.2, 0.25) is 10.0 Å². The Kier molecular flexibility index (Phi) is 4.58. The normalized spacial score (nSPS) is 11.8. The third-order valence-corrected chi connectivity index (χ3v) is 5.91. The molecule has 132 valence electrons. The van der Waals surface area contributed by atoms with Crippen LogP contribution in [-0.4, -0.2) is 20.1 Å².